The van der Waals surface area contributed by atoms with Crippen molar-refractivity contribution in [3.63, 3.8) is 0 Å². The molecule has 6 nitrogen and oxygen atoms in total. The van der Waals surface area contributed by atoms with E-state index in [9.17, 15) is 18.0 Å². The van der Waals surface area contributed by atoms with Crippen LogP contribution in [-0.4, -0.2) is 39.8 Å². The third kappa shape index (κ3) is 5.56. The lowest BCUT2D eigenvalue weighted by atomic mass is 9.99. The number of imidazole rings is 1. The summed E-state index contributed by atoms with van der Waals surface area (Å²) in [5, 5.41) is 0.280. The normalized spacial score (nSPS) is 16.8. The Labute approximate surface area is 190 Å². The van der Waals surface area contributed by atoms with Gasteiger partial charge in [-0.25, -0.2) is 9.78 Å². The maximum Gasteiger partial charge on any atom is 0.416 e. The van der Waals surface area contributed by atoms with Gasteiger partial charge in [-0.15, -0.1) is 0 Å². The first kappa shape index (κ1) is 24.4. The largest absolute Gasteiger partial charge is 0.444 e. The van der Waals surface area contributed by atoms with Gasteiger partial charge in [-0.3, -0.25) is 4.90 Å². The van der Waals surface area contributed by atoms with Crippen molar-refractivity contribution < 1.29 is 27.4 Å². The third-order valence-corrected chi connectivity index (χ3v) is 5.46. The number of nitrogens with zero attached hydrogens (tertiary/aromatic N) is 3. The highest BCUT2D eigenvalue weighted by molar-refractivity contribution is 6.30. The molecule has 1 amide bonds. The number of ether oxygens (including phenoxy) is 2. The molecule has 1 aromatic carbocycles. The van der Waals surface area contributed by atoms with E-state index in [2.05, 4.69) is 4.98 Å². The molecule has 0 saturated carbocycles. The average molecular weight is 474 g/mol. The summed E-state index contributed by atoms with van der Waals surface area (Å²) in [6.07, 6.45) is -3.95. The molecule has 32 heavy (non-hydrogen) atoms. The van der Waals surface area contributed by atoms with Crippen molar-refractivity contribution in [2.75, 3.05) is 13.7 Å². The van der Waals surface area contributed by atoms with Gasteiger partial charge >= 0.3 is 12.3 Å². The maximum absolute atomic E-state index is 12.9. The molecular formula is C22H27ClF3N3O3. The summed E-state index contributed by atoms with van der Waals surface area (Å²) in [4.78, 5) is 18.9. The SMILES string of the molecule is COCc1nc(Cl)c2n1CCN(C(=O)OC(C)(C)C)C2CCc1ccc(C(F)(F)F)cc1. The molecule has 0 fully saturated rings. The fourth-order valence-electron chi connectivity index (χ4n) is 3.79. The number of hydrogen-bond acceptors (Lipinski definition) is 4. The van der Waals surface area contributed by atoms with E-state index in [0.717, 1.165) is 17.7 Å². The standard InChI is InChI=1S/C22H27ClF3N3O3/c1-21(2,3)32-20(30)28-11-12-29-17(13-31-4)27-19(23)18(29)16(28)10-7-14-5-8-15(9-6-14)22(24,25)26/h5-6,8-9,16H,7,10-13H2,1-4H3. The molecule has 2 aromatic rings. The van der Waals surface area contributed by atoms with Gasteiger partial charge in [0.05, 0.1) is 17.3 Å². The Hall–Kier alpha value is -2.26. The maximum atomic E-state index is 12.9. The molecule has 2 heterocycles. The minimum atomic E-state index is -4.38. The van der Waals surface area contributed by atoms with Crippen LogP contribution in [0.25, 0.3) is 0 Å². The minimum Gasteiger partial charge on any atom is -0.444 e. The van der Waals surface area contributed by atoms with Crippen LogP contribution < -0.4 is 0 Å². The number of benzene rings is 1. The van der Waals surface area contributed by atoms with Gasteiger partial charge in [-0.1, -0.05) is 23.7 Å². The van der Waals surface area contributed by atoms with E-state index >= 15 is 0 Å². The first-order valence-electron chi connectivity index (χ1n) is 10.3. The first-order chi connectivity index (χ1) is 14.9. The van der Waals surface area contributed by atoms with E-state index in [0.29, 0.717) is 37.4 Å². The van der Waals surface area contributed by atoms with Crippen molar-refractivity contribution in [1.29, 1.82) is 0 Å². The summed E-state index contributed by atoms with van der Waals surface area (Å²) in [6.45, 7) is 6.53. The number of alkyl halides is 3. The van der Waals surface area contributed by atoms with E-state index < -0.39 is 29.5 Å². The summed E-state index contributed by atoms with van der Waals surface area (Å²) < 4.78 is 51.3. The van der Waals surface area contributed by atoms with Crippen molar-refractivity contribution in [3.8, 4) is 0 Å². The van der Waals surface area contributed by atoms with Gasteiger partial charge in [0.15, 0.2) is 5.15 Å². The zero-order chi connectivity index (χ0) is 23.7. The monoisotopic (exact) mass is 473 g/mol. The summed E-state index contributed by atoms with van der Waals surface area (Å²) in [5.41, 5.74) is 0.0481. The Morgan fingerprint density at radius 3 is 2.41 bits per heavy atom. The Bertz CT molecular complexity index is 952. The van der Waals surface area contributed by atoms with E-state index in [1.165, 1.54) is 12.1 Å². The molecule has 10 heteroatoms. The third-order valence-electron chi connectivity index (χ3n) is 5.19. The van der Waals surface area contributed by atoms with E-state index in [4.69, 9.17) is 21.1 Å². The number of aryl methyl sites for hydroxylation is 1. The summed E-state index contributed by atoms with van der Waals surface area (Å²) >= 11 is 6.46. The zero-order valence-corrected chi connectivity index (χ0v) is 19.3. The average Bonchev–Trinajstić information content (AvgIpc) is 3.00. The molecular weight excluding hydrogens is 447 g/mol. The second-order valence-electron chi connectivity index (χ2n) is 8.71. The first-order valence-corrected chi connectivity index (χ1v) is 10.7. The number of carbonyl (C=O) groups excluding carboxylic acids is 1. The van der Waals surface area contributed by atoms with Crippen molar-refractivity contribution in [1.82, 2.24) is 14.5 Å². The summed E-state index contributed by atoms with van der Waals surface area (Å²) in [6, 6.07) is 4.61. The number of carbonyl (C=O) groups is 1. The van der Waals surface area contributed by atoms with Crippen LogP contribution in [0.1, 0.15) is 55.9 Å². The fourth-order valence-corrected chi connectivity index (χ4v) is 4.12. The smallest absolute Gasteiger partial charge is 0.416 e. The van der Waals surface area contributed by atoms with Crippen LogP contribution in [0.4, 0.5) is 18.0 Å². The van der Waals surface area contributed by atoms with Gasteiger partial charge in [0.2, 0.25) is 0 Å². The molecule has 0 bridgehead atoms. The topological polar surface area (TPSA) is 56.6 Å². The number of fused-ring (bicyclic) bond motifs is 1. The van der Waals surface area contributed by atoms with E-state index in [1.54, 1.807) is 32.8 Å². The predicted octanol–water partition coefficient (Wildman–Crippen LogP) is 5.63. The molecule has 1 aromatic heterocycles. The molecule has 1 aliphatic heterocycles. The van der Waals surface area contributed by atoms with Crippen molar-refractivity contribution in [2.24, 2.45) is 0 Å². The van der Waals surface area contributed by atoms with Gasteiger partial charge in [0.25, 0.3) is 0 Å². The van der Waals surface area contributed by atoms with Crippen molar-refractivity contribution in [2.45, 2.75) is 64.6 Å². The molecule has 0 radical (unpaired) electrons. The molecule has 0 aliphatic carbocycles. The fraction of sp³-hybridized carbons (Fsp3) is 0.545. The van der Waals surface area contributed by atoms with Crippen LogP contribution in [0.5, 0.6) is 0 Å². The lowest BCUT2D eigenvalue weighted by molar-refractivity contribution is -0.137. The zero-order valence-electron chi connectivity index (χ0n) is 18.5. The highest BCUT2D eigenvalue weighted by Gasteiger charge is 2.37. The highest BCUT2D eigenvalue weighted by Crippen LogP contribution is 2.37. The lowest BCUT2D eigenvalue weighted by Gasteiger charge is -2.38. The predicted molar refractivity (Wildman–Crippen MR) is 113 cm³/mol. The van der Waals surface area contributed by atoms with Gasteiger partial charge in [-0.2, -0.15) is 13.2 Å². The van der Waals surface area contributed by atoms with Crippen LogP contribution in [0.3, 0.4) is 0 Å². The van der Waals surface area contributed by atoms with Crippen molar-refractivity contribution >= 4 is 17.7 Å². The van der Waals surface area contributed by atoms with Crippen LogP contribution in [0.2, 0.25) is 5.15 Å². The highest BCUT2D eigenvalue weighted by atomic mass is 35.5. The van der Waals surface area contributed by atoms with Crippen molar-refractivity contribution in [3.05, 3.63) is 52.1 Å². The number of amides is 1. The number of halogens is 4. The number of rotatable bonds is 5. The molecule has 0 saturated heterocycles. The quantitative estimate of drug-likeness (QED) is 0.565. The van der Waals surface area contributed by atoms with Gasteiger partial charge in [0, 0.05) is 20.2 Å². The molecule has 1 unspecified atom stereocenters. The number of aromatic nitrogens is 2. The molecule has 0 spiro atoms. The second-order valence-corrected chi connectivity index (χ2v) is 9.07. The summed E-state index contributed by atoms with van der Waals surface area (Å²) in [5.74, 6) is 0.663. The van der Waals surface area contributed by atoms with Crippen LogP contribution in [0, 0.1) is 0 Å². The van der Waals surface area contributed by atoms with Crippen LogP contribution in [0.15, 0.2) is 24.3 Å². The molecule has 3 rings (SSSR count). The lowest BCUT2D eigenvalue weighted by Crippen LogP contribution is -2.45. The molecule has 1 atom stereocenters. The van der Waals surface area contributed by atoms with Gasteiger partial charge in [-0.05, 0) is 51.3 Å². The summed E-state index contributed by atoms with van der Waals surface area (Å²) in [7, 11) is 1.56. The Morgan fingerprint density at radius 1 is 1.19 bits per heavy atom. The minimum absolute atomic E-state index is 0.276. The Balaban J connectivity index is 1.88. The molecule has 0 N–H and O–H groups in total. The number of hydrogen-bond donors (Lipinski definition) is 0. The Morgan fingerprint density at radius 2 is 1.84 bits per heavy atom. The second kappa shape index (κ2) is 9.31. The van der Waals surface area contributed by atoms with Gasteiger partial charge in [0.1, 0.15) is 18.0 Å². The van der Waals surface area contributed by atoms with Crippen LogP contribution in [-0.2, 0) is 35.2 Å². The Kier molecular flexibility index (Phi) is 7.09. The van der Waals surface area contributed by atoms with E-state index in [1.807, 2.05) is 4.57 Å². The molecule has 176 valence electrons. The molecule has 1 aliphatic rings. The number of methoxy groups -OCH3 is 1. The van der Waals surface area contributed by atoms with E-state index in [-0.39, 0.29) is 11.8 Å². The van der Waals surface area contributed by atoms with Gasteiger partial charge < -0.3 is 14.0 Å². The van der Waals surface area contributed by atoms with Crippen LogP contribution >= 0.6 is 11.6 Å².